The van der Waals surface area contributed by atoms with E-state index >= 15 is 0 Å². The molecule has 0 aliphatic carbocycles. The molecule has 0 aliphatic heterocycles. The Balaban J connectivity index is 1.85. The SMILES string of the molecule is O=C(O)c1cc(-c2nccn2C[C@@H](CO)Cc2ccco2)ccc1O. The molecular formula is C18H18N2O5. The number of phenols is 1. The summed E-state index contributed by atoms with van der Waals surface area (Å²) in [6, 6.07) is 8.00. The Kier molecular flexibility index (Phi) is 4.85. The topological polar surface area (TPSA) is 109 Å². The third-order valence-corrected chi connectivity index (χ3v) is 3.98. The van der Waals surface area contributed by atoms with E-state index in [0.29, 0.717) is 24.4 Å². The monoisotopic (exact) mass is 342 g/mol. The van der Waals surface area contributed by atoms with E-state index < -0.39 is 5.97 Å². The van der Waals surface area contributed by atoms with Crippen molar-refractivity contribution in [1.82, 2.24) is 9.55 Å². The zero-order valence-electron chi connectivity index (χ0n) is 13.4. The van der Waals surface area contributed by atoms with Gasteiger partial charge >= 0.3 is 5.97 Å². The number of carboxylic acid groups (broad SMARTS) is 1. The Hall–Kier alpha value is -3.06. The molecule has 0 radical (unpaired) electrons. The zero-order chi connectivity index (χ0) is 17.8. The number of carbonyl (C=O) groups is 1. The van der Waals surface area contributed by atoms with Crippen molar-refractivity contribution in [3.05, 3.63) is 60.3 Å². The summed E-state index contributed by atoms with van der Waals surface area (Å²) in [5, 5.41) is 28.5. The lowest BCUT2D eigenvalue weighted by Gasteiger charge is -2.16. The molecule has 0 spiro atoms. The molecule has 2 aromatic heterocycles. The maximum Gasteiger partial charge on any atom is 0.339 e. The lowest BCUT2D eigenvalue weighted by atomic mass is 10.0. The Bertz CT molecular complexity index is 854. The molecule has 130 valence electrons. The molecule has 0 aliphatic rings. The molecule has 0 saturated carbocycles. The Morgan fingerprint density at radius 2 is 2.16 bits per heavy atom. The van der Waals surface area contributed by atoms with Crippen LogP contribution in [0.5, 0.6) is 5.75 Å². The molecule has 7 heteroatoms. The zero-order valence-corrected chi connectivity index (χ0v) is 13.4. The highest BCUT2D eigenvalue weighted by molar-refractivity contribution is 5.92. The van der Waals surface area contributed by atoms with Crippen molar-refractivity contribution >= 4 is 5.97 Å². The van der Waals surface area contributed by atoms with E-state index in [1.165, 1.54) is 12.1 Å². The third kappa shape index (κ3) is 3.72. The van der Waals surface area contributed by atoms with E-state index in [2.05, 4.69) is 4.98 Å². The highest BCUT2D eigenvalue weighted by atomic mass is 16.4. The first-order valence-electron chi connectivity index (χ1n) is 7.79. The number of aliphatic hydroxyl groups is 1. The van der Waals surface area contributed by atoms with Gasteiger partial charge in [0.2, 0.25) is 0 Å². The average molecular weight is 342 g/mol. The minimum absolute atomic E-state index is 0.0196. The van der Waals surface area contributed by atoms with E-state index in [-0.39, 0.29) is 23.8 Å². The number of hydrogen-bond donors (Lipinski definition) is 3. The van der Waals surface area contributed by atoms with Gasteiger partial charge in [0.15, 0.2) is 0 Å². The first-order chi connectivity index (χ1) is 12.1. The number of nitrogens with zero attached hydrogens (tertiary/aromatic N) is 2. The summed E-state index contributed by atoms with van der Waals surface area (Å²) in [6.45, 7) is 0.476. The first-order valence-corrected chi connectivity index (χ1v) is 7.79. The molecule has 0 fully saturated rings. The summed E-state index contributed by atoms with van der Waals surface area (Å²) >= 11 is 0. The summed E-state index contributed by atoms with van der Waals surface area (Å²) in [5.74, 6) is -0.210. The summed E-state index contributed by atoms with van der Waals surface area (Å²) in [4.78, 5) is 15.5. The normalized spacial score (nSPS) is 12.2. The Morgan fingerprint density at radius 3 is 2.84 bits per heavy atom. The predicted molar refractivity (Wildman–Crippen MR) is 89.3 cm³/mol. The largest absolute Gasteiger partial charge is 0.507 e. The van der Waals surface area contributed by atoms with Crippen LogP contribution in [0.2, 0.25) is 0 Å². The fourth-order valence-electron chi connectivity index (χ4n) is 2.74. The van der Waals surface area contributed by atoms with Crippen LogP contribution in [-0.4, -0.2) is 37.4 Å². The summed E-state index contributed by atoms with van der Waals surface area (Å²) < 4.78 is 7.18. The Morgan fingerprint density at radius 1 is 1.32 bits per heavy atom. The van der Waals surface area contributed by atoms with E-state index in [4.69, 9.17) is 9.52 Å². The number of aromatic hydroxyl groups is 1. The highest BCUT2D eigenvalue weighted by Crippen LogP contribution is 2.26. The van der Waals surface area contributed by atoms with Gasteiger partial charge < -0.3 is 24.3 Å². The molecule has 3 aromatic rings. The smallest absolute Gasteiger partial charge is 0.339 e. The predicted octanol–water partition coefficient (Wildman–Crippen LogP) is 2.40. The van der Waals surface area contributed by atoms with Crippen molar-refractivity contribution in [2.24, 2.45) is 5.92 Å². The van der Waals surface area contributed by atoms with Gasteiger partial charge in [-0.3, -0.25) is 0 Å². The molecule has 3 N–H and O–H groups in total. The van der Waals surface area contributed by atoms with E-state index in [0.717, 1.165) is 5.76 Å². The van der Waals surface area contributed by atoms with Crippen LogP contribution < -0.4 is 0 Å². The fourth-order valence-corrected chi connectivity index (χ4v) is 2.74. The molecule has 3 rings (SSSR count). The van der Waals surface area contributed by atoms with Gasteiger partial charge in [-0.25, -0.2) is 9.78 Å². The second kappa shape index (κ2) is 7.23. The van der Waals surface area contributed by atoms with Crippen LogP contribution in [-0.2, 0) is 13.0 Å². The fraction of sp³-hybridized carbons (Fsp3) is 0.222. The van der Waals surface area contributed by atoms with Crippen molar-refractivity contribution in [1.29, 1.82) is 0 Å². The molecule has 2 heterocycles. The number of hydrogen-bond acceptors (Lipinski definition) is 5. The number of carboxylic acids is 1. The second-order valence-corrected chi connectivity index (χ2v) is 5.77. The van der Waals surface area contributed by atoms with Crippen LogP contribution in [0.15, 0.2) is 53.4 Å². The quantitative estimate of drug-likeness (QED) is 0.608. The molecular weight excluding hydrogens is 324 g/mol. The van der Waals surface area contributed by atoms with Gasteiger partial charge in [0.05, 0.1) is 6.26 Å². The van der Waals surface area contributed by atoms with Crippen LogP contribution in [0.25, 0.3) is 11.4 Å². The number of benzene rings is 1. The molecule has 0 saturated heterocycles. The Labute approximate surface area is 143 Å². The molecule has 25 heavy (non-hydrogen) atoms. The number of imidazole rings is 1. The minimum Gasteiger partial charge on any atom is -0.507 e. The van der Waals surface area contributed by atoms with Crippen LogP contribution in [0.1, 0.15) is 16.1 Å². The van der Waals surface area contributed by atoms with Gasteiger partial charge in [-0.1, -0.05) is 0 Å². The lowest BCUT2D eigenvalue weighted by molar-refractivity contribution is 0.0694. The van der Waals surface area contributed by atoms with Gasteiger partial charge in [0.25, 0.3) is 0 Å². The molecule has 1 aromatic carbocycles. The van der Waals surface area contributed by atoms with Crippen LogP contribution in [0.3, 0.4) is 0 Å². The molecule has 7 nitrogen and oxygen atoms in total. The number of furan rings is 1. The third-order valence-electron chi connectivity index (χ3n) is 3.98. The van der Waals surface area contributed by atoms with E-state index in [9.17, 15) is 15.0 Å². The summed E-state index contributed by atoms with van der Waals surface area (Å²) in [7, 11) is 0. The summed E-state index contributed by atoms with van der Waals surface area (Å²) in [6.07, 6.45) is 5.56. The van der Waals surface area contributed by atoms with Crippen molar-refractivity contribution in [3.8, 4) is 17.1 Å². The average Bonchev–Trinajstić information content (AvgIpc) is 3.26. The number of aromatic nitrogens is 2. The van der Waals surface area contributed by atoms with Crippen molar-refractivity contribution in [2.75, 3.05) is 6.61 Å². The minimum atomic E-state index is -1.21. The summed E-state index contributed by atoms with van der Waals surface area (Å²) in [5.41, 5.74) is 0.399. The lowest BCUT2D eigenvalue weighted by Crippen LogP contribution is -2.17. The number of aromatic carboxylic acids is 1. The van der Waals surface area contributed by atoms with E-state index in [1.54, 1.807) is 30.8 Å². The molecule has 0 amide bonds. The number of aliphatic hydroxyl groups excluding tert-OH is 1. The molecule has 1 atom stereocenters. The molecule has 0 bridgehead atoms. The highest BCUT2D eigenvalue weighted by Gasteiger charge is 2.17. The van der Waals surface area contributed by atoms with Gasteiger partial charge in [-0.15, -0.1) is 0 Å². The standard InChI is InChI=1S/C18H18N2O5/c21-11-12(8-14-2-1-7-25-14)10-20-6-5-19-17(20)13-3-4-16(22)15(9-13)18(23)24/h1-7,9,12,21-22H,8,10-11H2,(H,23,24)/t12-/m0/s1. The van der Waals surface area contributed by atoms with Crippen molar-refractivity contribution in [2.45, 2.75) is 13.0 Å². The van der Waals surface area contributed by atoms with Gasteiger partial charge in [0.1, 0.15) is 22.9 Å². The number of rotatable bonds is 7. The second-order valence-electron chi connectivity index (χ2n) is 5.77. The van der Waals surface area contributed by atoms with Gasteiger partial charge in [-0.05, 0) is 30.3 Å². The van der Waals surface area contributed by atoms with E-state index in [1.807, 2.05) is 10.6 Å². The van der Waals surface area contributed by atoms with Crippen LogP contribution >= 0.6 is 0 Å². The van der Waals surface area contributed by atoms with Crippen LogP contribution in [0.4, 0.5) is 0 Å². The molecule has 0 unspecified atom stereocenters. The van der Waals surface area contributed by atoms with Crippen molar-refractivity contribution in [3.63, 3.8) is 0 Å². The first kappa shape index (κ1) is 16.8. The van der Waals surface area contributed by atoms with Crippen LogP contribution in [0, 0.1) is 5.92 Å². The van der Waals surface area contributed by atoms with Gasteiger partial charge in [-0.2, -0.15) is 0 Å². The maximum atomic E-state index is 11.2. The van der Waals surface area contributed by atoms with Crippen molar-refractivity contribution < 1.29 is 24.5 Å². The van der Waals surface area contributed by atoms with Gasteiger partial charge in [0, 0.05) is 43.4 Å². The maximum absolute atomic E-state index is 11.2.